The molecule has 4 N–H and O–H groups in total. The highest BCUT2D eigenvalue weighted by atomic mass is 16.5. The molecular weight excluding hydrogens is 230 g/mol. The molecule has 0 bridgehead atoms. The Morgan fingerprint density at radius 2 is 2.35 bits per heavy atom. The van der Waals surface area contributed by atoms with E-state index in [0.717, 1.165) is 11.1 Å². The summed E-state index contributed by atoms with van der Waals surface area (Å²) >= 11 is 0. The minimum Gasteiger partial charge on any atom is -0.479 e. The number of β-lactam (4-membered cyclic amide) rings is 1. The van der Waals surface area contributed by atoms with Crippen molar-refractivity contribution >= 4 is 17.8 Å². The Kier molecular flexibility index (Phi) is 2.72. The van der Waals surface area contributed by atoms with Crippen LogP contribution in [0.1, 0.15) is 6.42 Å². The molecule has 0 aromatic carbocycles. The fourth-order valence-corrected chi connectivity index (χ4v) is 1.73. The predicted molar refractivity (Wildman–Crippen MR) is 53.0 cm³/mol. The Hall–Kier alpha value is -2.09. The van der Waals surface area contributed by atoms with Gasteiger partial charge in [-0.3, -0.25) is 14.5 Å². The molecule has 0 aromatic rings. The molecule has 0 saturated carbocycles. The van der Waals surface area contributed by atoms with Crippen LogP contribution in [0.2, 0.25) is 0 Å². The topological polar surface area (TPSA) is 122 Å². The number of carboxylic acids is 1. The number of nitrogens with two attached hydrogens (primary N) is 1. The maximum Gasteiger partial charge on any atom is 0.334 e. The summed E-state index contributed by atoms with van der Waals surface area (Å²) in [5.41, 5.74) is 5.08. The second kappa shape index (κ2) is 4.06. The molecule has 2 saturated heterocycles. The van der Waals surface area contributed by atoms with E-state index < -0.39 is 24.1 Å². The maximum atomic E-state index is 11.2. The average molecular weight is 241 g/mol. The lowest BCUT2D eigenvalue weighted by atomic mass is 10.1. The van der Waals surface area contributed by atoms with E-state index in [1.807, 2.05) is 0 Å². The van der Waals surface area contributed by atoms with Crippen molar-refractivity contribution < 1.29 is 24.2 Å². The third-order valence-corrected chi connectivity index (χ3v) is 2.56. The van der Waals surface area contributed by atoms with Gasteiger partial charge < -0.3 is 20.9 Å². The molecule has 2 rings (SSSR count). The number of carboxylic acid groups (broad SMARTS) is 1. The number of hydrogen-bond acceptors (Lipinski definition) is 5. The summed E-state index contributed by atoms with van der Waals surface area (Å²) in [6.45, 7) is -0.215. The number of carbonyl (C=O) groups excluding carboxylic acids is 2. The first kappa shape index (κ1) is 11.4. The van der Waals surface area contributed by atoms with Crippen LogP contribution in [0.15, 0.2) is 12.0 Å². The van der Waals surface area contributed by atoms with Gasteiger partial charge in [0.25, 0.3) is 0 Å². The van der Waals surface area contributed by atoms with Crippen molar-refractivity contribution in [2.45, 2.75) is 18.7 Å². The highest BCUT2D eigenvalue weighted by molar-refractivity contribution is 5.91. The second-order valence-corrected chi connectivity index (χ2v) is 3.64. The Balaban J connectivity index is 2.14. The van der Waals surface area contributed by atoms with Gasteiger partial charge in [0.2, 0.25) is 11.8 Å². The Bertz CT molecular complexity index is 419. The first-order chi connectivity index (χ1) is 8.04. The number of hydrogen-bond donors (Lipinski definition) is 3. The van der Waals surface area contributed by atoms with Crippen molar-refractivity contribution in [1.82, 2.24) is 10.2 Å². The molecule has 2 atom stereocenters. The normalized spacial score (nSPS) is 28.4. The molecule has 2 heterocycles. The number of fused-ring (bicyclic) bond motifs is 1. The lowest BCUT2D eigenvalue weighted by Crippen LogP contribution is -2.54. The third kappa shape index (κ3) is 1.82. The SMILES string of the molecule is NCC(=O)NC=C1OC2CC(=O)N2C1C(=O)O. The van der Waals surface area contributed by atoms with Crippen molar-refractivity contribution in [2.75, 3.05) is 6.54 Å². The third-order valence-electron chi connectivity index (χ3n) is 2.56. The van der Waals surface area contributed by atoms with E-state index in [0.29, 0.717) is 0 Å². The fraction of sp³-hybridized carbons (Fsp3) is 0.444. The molecule has 0 spiro atoms. The van der Waals surface area contributed by atoms with Gasteiger partial charge in [0.1, 0.15) is 5.76 Å². The number of amides is 2. The lowest BCUT2D eigenvalue weighted by Gasteiger charge is -2.33. The van der Waals surface area contributed by atoms with E-state index in [9.17, 15) is 14.4 Å². The predicted octanol–water partition coefficient (Wildman–Crippen LogP) is -2.06. The van der Waals surface area contributed by atoms with Crippen LogP contribution in [0.4, 0.5) is 0 Å². The monoisotopic (exact) mass is 241 g/mol. The van der Waals surface area contributed by atoms with Gasteiger partial charge in [-0.2, -0.15) is 0 Å². The summed E-state index contributed by atoms with van der Waals surface area (Å²) < 4.78 is 5.23. The van der Waals surface area contributed by atoms with E-state index >= 15 is 0 Å². The number of carbonyl (C=O) groups is 3. The average Bonchev–Trinajstić information content (AvgIpc) is 2.58. The van der Waals surface area contributed by atoms with Gasteiger partial charge in [-0.05, 0) is 0 Å². The van der Waals surface area contributed by atoms with Crippen molar-refractivity contribution in [3.63, 3.8) is 0 Å². The van der Waals surface area contributed by atoms with Crippen LogP contribution < -0.4 is 11.1 Å². The summed E-state index contributed by atoms with van der Waals surface area (Å²) in [4.78, 5) is 34.3. The largest absolute Gasteiger partial charge is 0.479 e. The van der Waals surface area contributed by atoms with Crippen LogP contribution in [-0.2, 0) is 19.1 Å². The second-order valence-electron chi connectivity index (χ2n) is 3.64. The van der Waals surface area contributed by atoms with Crippen LogP contribution in [-0.4, -0.2) is 46.6 Å². The number of nitrogens with one attached hydrogen (secondary N) is 1. The Morgan fingerprint density at radius 3 is 2.88 bits per heavy atom. The summed E-state index contributed by atoms with van der Waals surface area (Å²) in [6.07, 6.45) is 0.760. The highest BCUT2D eigenvalue weighted by Crippen LogP contribution is 2.35. The smallest absolute Gasteiger partial charge is 0.334 e. The van der Waals surface area contributed by atoms with Crippen molar-refractivity contribution in [2.24, 2.45) is 5.73 Å². The van der Waals surface area contributed by atoms with Gasteiger partial charge in [-0.25, -0.2) is 4.79 Å². The quantitative estimate of drug-likeness (QED) is 0.488. The van der Waals surface area contributed by atoms with Gasteiger partial charge in [0.15, 0.2) is 12.3 Å². The van der Waals surface area contributed by atoms with Crippen molar-refractivity contribution in [1.29, 1.82) is 0 Å². The molecule has 0 radical (unpaired) electrons. The van der Waals surface area contributed by atoms with E-state index in [-0.39, 0.29) is 24.6 Å². The van der Waals surface area contributed by atoms with Gasteiger partial charge in [0, 0.05) is 6.20 Å². The van der Waals surface area contributed by atoms with E-state index in [1.165, 1.54) is 0 Å². The zero-order valence-electron chi connectivity index (χ0n) is 8.75. The van der Waals surface area contributed by atoms with Gasteiger partial charge in [0.05, 0.1) is 13.0 Å². The minimum atomic E-state index is -1.20. The molecule has 2 fully saturated rings. The van der Waals surface area contributed by atoms with Crippen LogP contribution in [0.25, 0.3) is 0 Å². The zero-order chi connectivity index (χ0) is 12.6. The molecule has 0 aliphatic carbocycles. The first-order valence-corrected chi connectivity index (χ1v) is 4.94. The van der Waals surface area contributed by atoms with Crippen LogP contribution in [0.3, 0.4) is 0 Å². The number of rotatable bonds is 3. The van der Waals surface area contributed by atoms with Crippen molar-refractivity contribution in [3.05, 3.63) is 12.0 Å². The zero-order valence-corrected chi connectivity index (χ0v) is 8.75. The summed E-state index contributed by atoms with van der Waals surface area (Å²) in [5, 5.41) is 11.3. The van der Waals surface area contributed by atoms with Crippen LogP contribution >= 0.6 is 0 Å². The molecule has 8 heteroatoms. The lowest BCUT2D eigenvalue weighted by molar-refractivity contribution is -0.163. The number of nitrogens with zero attached hydrogens (tertiary/aromatic N) is 1. The molecule has 92 valence electrons. The minimum absolute atomic E-state index is 0.0372. The summed E-state index contributed by atoms with van der Waals surface area (Å²) in [7, 11) is 0. The van der Waals surface area contributed by atoms with Crippen LogP contribution in [0.5, 0.6) is 0 Å². The maximum absolute atomic E-state index is 11.2. The Labute approximate surface area is 96.0 Å². The highest BCUT2D eigenvalue weighted by Gasteiger charge is 2.53. The molecule has 2 aliphatic heterocycles. The van der Waals surface area contributed by atoms with E-state index in [4.69, 9.17) is 15.6 Å². The fourth-order valence-electron chi connectivity index (χ4n) is 1.73. The molecule has 17 heavy (non-hydrogen) atoms. The number of aliphatic carboxylic acids is 1. The molecule has 0 aromatic heterocycles. The van der Waals surface area contributed by atoms with Gasteiger partial charge in [-0.15, -0.1) is 0 Å². The molecule has 8 nitrogen and oxygen atoms in total. The summed E-state index contributed by atoms with van der Waals surface area (Å²) in [5.74, 6) is -1.91. The molecular formula is C9H11N3O5. The van der Waals surface area contributed by atoms with Gasteiger partial charge >= 0.3 is 5.97 Å². The number of ether oxygens (including phenoxy) is 1. The van der Waals surface area contributed by atoms with Gasteiger partial charge in [-0.1, -0.05) is 0 Å². The van der Waals surface area contributed by atoms with Crippen LogP contribution in [0, 0.1) is 0 Å². The first-order valence-electron chi connectivity index (χ1n) is 4.94. The molecule has 2 unspecified atom stereocenters. The van der Waals surface area contributed by atoms with Crippen molar-refractivity contribution in [3.8, 4) is 0 Å². The Morgan fingerprint density at radius 1 is 1.65 bits per heavy atom. The summed E-state index contributed by atoms with van der Waals surface area (Å²) in [6, 6.07) is -1.17. The standard InChI is InChI=1S/C9H11N3O5/c10-2-5(13)11-3-4-8(9(15)16)12-6(14)1-7(12)17-4/h3,7-8H,1-2,10H2,(H,11,13)(H,15,16). The van der Waals surface area contributed by atoms with E-state index in [2.05, 4.69) is 5.32 Å². The molecule has 2 aliphatic rings. The van der Waals surface area contributed by atoms with E-state index in [1.54, 1.807) is 0 Å². The molecule has 2 amide bonds.